The molecule has 18 heavy (non-hydrogen) atoms. The molecule has 1 rings (SSSR count). The minimum atomic E-state index is -3.91. The van der Waals surface area contributed by atoms with Gasteiger partial charge < -0.3 is 30.7 Å². The quantitative estimate of drug-likeness (QED) is 0.275. The zero-order chi connectivity index (χ0) is 13.0. The molecule has 0 spiro atoms. The molecular formula is C9H23N3NaO4P. The van der Waals surface area contributed by atoms with Gasteiger partial charge in [-0.1, -0.05) is 0 Å². The number of phosphoric acid groups is 1. The molecule has 0 atom stereocenters. The number of rotatable bonds is 4. The molecular weight excluding hydrogens is 268 g/mol. The van der Waals surface area contributed by atoms with Gasteiger partial charge in [-0.25, -0.2) is 0 Å². The van der Waals surface area contributed by atoms with Crippen molar-refractivity contribution >= 4 is 7.82 Å². The Balaban J connectivity index is 0. The fourth-order valence-corrected chi connectivity index (χ4v) is 1.88. The van der Waals surface area contributed by atoms with Gasteiger partial charge in [-0.3, -0.25) is 4.57 Å². The standard InChI is InChI=1S/C5H11O4P.C4H13N3.Na/c6-10(7)8-4-2-1-3-5-9-10;5-1-3-7-4-2-6;/h1-5H2,(H,6,7);7H,1-6H2;/q;;+1/p-1. The van der Waals surface area contributed by atoms with E-state index < -0.39 is 7.82 Å². The van der Waals surface area contributed by atoms with Crippen LogP contribution in [0.5, 0.6) is 0 Å². The fraction of sp³-hybridized carbons (Fsp3) is 1.00. The van der Waals surface area contributed by atoms with E-state index in [2.05, 4.69) is 14.4 Å². The molecule has 0 aromatic carbocycles. The molecule has 1 heterocycles. The van der Waals surface area contributed by atoms with Gasteiger partial charge in [0.05, 0.1) is 13.2 Å². The van der Waals surface area contributed by atoms with Crippen molar-refractivity contribution in [2.24, 2.45) is 11.5 Å². The van der Waals surface area contributed by atoms with Crippen LogP contribution in [0.3, 0.4) is 0 Å². The molecule has 1 aliphatic rings. The van der Waals surface area contributed by atoms with E-state index in [0.29, 0.717) is 13.1 Å². The van der Waals surface area contributed by atoms with Crippen molar-refractivity contribution in [3.63, 3.8) is 0 Å². The first-order valence-corrected chi connectivity index (χ1v) is 7.29. The van der Waals surface area contributed by atoms with Crippen molar-refractivity contribution in [2.45, 2.75) is 19.3 Å². The molecule has 0 aromatic rings. The molecule has 1 aliphatic heterocycles. The Labute approximate surface area is 131 Å². The second kappa shape index (κ2) is 14.4. The largest absolute Gasteiger partial charge is 1.00 e. The summed E-state index contributed by atoms with van der Waals surface area (Å²) in [5, 5.41) is 3.03. The van der Waals surface area contributed by atoms with Gasteiger partial charge in [-0.2, -0.15) is 0 Å². The molecule has 0 aliphatic carbocycles. The normalized spacial score (nSPS) is 18.6. The first kappa shape index (κ1) is 21.3. The van der Waals surface area contributed by atoms with Crippen LogP contribution in [0.1, 0.15) is 19.3 Å². The Morgan fingerprint density at radius 3 is 1.89 bits per heavy atom. The summed E-state index contributed by atoms with van der Waals surface area (Å²) in [4.78, 5) is 10.6. The summed E-state index contributed by atoms with van der Waals surface area (Å²) in [7, 11) is -3.91. The SMILES string of the molecule is NCCNCCN.O=P1([O-])OCCCCCO1.[Na+]. The Hall–Kier alpha value is 0.990. The fourth-order valence-electron chi connectivity index (χ4n) is 1.10. The Morgan fingerprint density at radius 1 is 1.06 bits per heavy atom. The van der Waals surface area contributed by atoms with E-state index in [1.165, 1.54) is 0 Å². The minimum absolute atomic E-state index is 0. The summed E-state index contributed by atoms with van der Waals surface area (Å²) in [6.45, 7) is 3.66. The minimum Gasteiger partial charge on any atom is -0.756 e. The summed E-state index contributed by atoms with van der Waals surface area (Å²) in [5.41, 5.74) is 10.3. The molecule has 0 aromatic heterocycles. The summed E-state index contributed by atoms with van der Waals surface area (Å²) in [6.07, 6.45) is 2.57. The molecule has 0 amide bonds. The van der Waals surface area contributed by atoms with Crippen LogP contribution in [0.4, 0.5) is 0 Å². The molecule has 1 fully saturated rings. The first-order chi connectivity index (χ1) is 8.12. The number of phosphoric ester groups is 1. The van der Waals surface area contributed by atoms with Gasteiger partial charge in [0.1, 0.15) is 0 Å². The average Bonchev–Trinajstić information content (AvgIpc) is 2.26. The van der Waals surface area contributed by atoms with Crippen LogP contribution in [0, 0.1) is 0 Å². The van der Waals surface area contributed by atoms with Crippen LogP contribution in [0.2, 0.25) is 0 Å². The zero-order valence-electron chi connectivity index (χ0n) is 11.1. The van der Waals surface area contributed by atoms with Gasteiger partial charge in [0, 0.05) is 26.2 Å². The van der Waals surface area contributed by atoms with Crippen molar-refractivity contribution in [3.05, 3.63) is 0 Å². The molecule has 0 unspecified atom stereocenters. The van der Waals surface area contributed by atoms with Gasteiger partial charge in [0.15, 0.2) is 0 Å². The van der Waals surface area contributed by atoms with Crippen LogP contribution in [-0.4, -0.2) is 39.4 Å². The predicted molar refractivity (Wildman–Crippen MR) is 64.3 cm³/mol. The second-order valence-electron chi connectivity index (χ2n) is 3.50. The van der Waals surface area contributed by atoms with Gasteiger partial charge in [0.25, 0.3) is 7.82 Å². The third kappa shape index (κ3) is 15.0. The van der Waals surface area contributed by atoms with Crippen molar-refractivity contribution in [3.8, 4) is 0 Å². The summed E-state index contributed by atoms with van der Waals surface area (Å²) in [6, 6.07) is 0. The van der Waals surface area contributed by atoms with Gasteiger partial charge in [-0.05, 0) is 19.3 Å². The van der Waals surface area contributed by atoms with Crippen LogP contribution in [-0.2, 0) is 13.6 Å². The number of nitrogens with two attached hydrogens (primary N) is 2. The van der Waals surface area contributed by atoms with Crippen LogP contribution < -0.4 is 51.2 Å². The van der Waals surface area contributed by atoms with Crippen molar-refractivity contribution < 1.29 is 48.1 Å². The van der Waals surface area contributed by atoms with E-state index in [1.807, 2.05) is 0 Å². The van der Waals surface area contributed by atoms with Crippen molar-refractivity contribution in [1.82, 2.24) is 5.32 Å². The predicted octanol–water partition coefficient (Wildman–Crippen LogP) is -3.83. The maximum Gasteiger partial charge on any atom is 1.00 e. The smallest absolute Gasteiger partial charge is 0.756 e. The zero-order valence-corrected chi connectivity index (χ0v) is 14.0. The molecule has 0 bridgehead atoms. The van der Waals surface area contributed by atoms with E-state index in [9.17, 15) is 9.46 Å². The third-order valence-corrected chi connectivity index (χ3v) is 2.93. The molecule has 1 saturated heterocycles. The summed E-state index contributed by atoms with van der Waals surface area (Å²) < 4.78 is 19.5. The summed E-state index contributed by atoms with van der Waals surface area (Å²) in [5.74, 6) is 0. The maximum absolute atomic E-state index is 10.6. The van der Waals surface area contributed by atoms with Crippen LogP contribution >= 0.6 is 7.82 Å². The Kier molecular flexibility index (Phi) is 17.0. The second-order valence-corrected chi connectivity index (χ2v) is 4.91. The molecule has 7 nitrogen and oxygen atoms in total. The monoisotopic (exact) mass is 291 g/mol. The van der Waals surface area contributed by atoms with E-state index in [-0.39, 0.29) is 42.8 Å². The number of hydrogen-bond acceptors (Lipinski definition) is 7. The van der Waals surface area contributed by atoms with Crippen LogP contribution in [0.15, 0.2) is 0 Å². The first-order valence-electron chi connectivity index (χ1n) is 5.83. The molecule has 9 heteroatoms. The Bertz CT molecular complexity index is 208. The van der Waals surface area contributed by atoms with E-state index in [4.69, 9.17) is 11.5 Å². The maximum atomic E-state index is 10.6. The van der Waals surface area contributed by atoms with Gasteiger partial charge >= 0.3 is 29.6 Å². The van der Waals surface area contributed by atoms with Gasteiger partial charge in [-0.15, -0.1) is 0 Å². The number of nitrogens with one attached hydrogen (secondary N) is 1. The summed E-state index contributed by atoms with van der Waals surface area (Å²) >= 11 is 0. The average molecular weight is 291 g/mol. The number of hydrogen-bond donors (Lipinski definition) is 3. The molecule has 104 valence electrons. The van der Waals surface area contributed by atoms with Gasteiger partial charge in [0.2, 0.25) is 0 Å². The van der Waals surface area contributed by atoms with Crippen molar-refractivity contribution in [1.29, 1.82) is 0 Å². The van der Waals surface area contributed by atoms with E-state index in [1.54, 1.807) is 0 Å². The van der Waals surface area contributed by atoms with Crippen LogP contribution in [0.25, 0.3) is 0 Å². The molecule has 0 saturated carbocycles. The topological polar surface area (TPSA) is 123 Å². The Morgan fingerprint density at radius 2 is 1.50 bits per heavy atom. The van der Waals surface area contributed by atoms with E-state index in [0.717, 1.165) is 32.4 Å². The molecule has 5 N–H and O–H groups in total. The van der Waals surface area contributed by atoms with Crippen molar-refractivity contribution in [2.75, 3.05) is 39.4 Å². The third-order valence-electron chi connectivity index (χ3n) is 1.93. The van der Waals surface area contributed by atoms with E-state index >= 15 is 0 Å². The molecule has 0 radical (unpaired) electrons.